The Labute approximate surface area is 60.4 Å². The summed E-state index contributed by atoms with van der Waals surface area (Å²) in [5, 5.41) is 7.43. The number of hydrogen-bond acceptors (Lipinski definition) is 2. The molecule has 10 heavy (non-hydrogen) atoms. The second-order valence-electron chi connectivity index (χ2n) is 2.15. The molecular weight excluding hydrogens is 126 g/mol. The van der Waals surface area contributed by atoms with Gasteiger partial charge in [-0.3, -0.25) is 0 Å². The van der Waals surface area contributed by atoms with Crippen LogP contribution in [0.1, 0.15) is 25.5 Å². The lowest BCUT2D eigenvalue weighted by Gasteiger charge is -1.94. The molecule has 1 rings (SSSR count). The van der Waals surface area contributed by atoms with E-state index in [9.17, 15) is 0 Å². The highest BCUT2D eigenvalue weighted by atomic mass is 16.3. The van der Waals surface area contributed by atoms with E-state index in [0.29, 0.717) is 11.5 Å². The molecule has 0 bridgehead atoms. The van der Waals surface area contributed by atoms with Gasteiger partial charge in [0, 0.05) is 0 Å². The van der Waals surface area contributed by atoms with Gasteiger partial charge in [0.15, 0.2) is 6.26 Å². The zero-order valence-electron chi connectivity index (χ0n) is 5.98. The standard InChI is InChI=1S/C8H10NO/c1-2-4-7(9)8-5-3-6-10-8/h3,5,9H,2,4H2,1H3. The number of nitrogens with one attached hydrogen (secondary N) is 1. The van der Waals surface area contributed by atoms with Crippen LogP contribution >= 0.6 is 0 Å². The summed E-state index contributed by atoms with van der Waals surface area (Å²) in [5.74, 6) is 0.641. The summed E-state index contributed by atoms with van der Waals surface area (Å²) in [6.45, 7) is 2.04. The van der Waals surface area contributed by atoms with Gasteiger partial charge in [-0.1, -0.05) is 13.3 Å². The van der Waals surface area contributed by atoms with E-state index in [1.807, 2.05) is 6.92 Å². The molecule has 0 aliphatic rings. The van der Waals surface area contributed by atoms with Gasteiger partial charge in [-0.25, -0.2) is 0 Å². The summed E-state index contributed by atoms with van der Waals surface area (Å²) in [4.78, 5) is 0. The third kappa shape index (κ3) is 1.47. The highest BCUT2D eigenvalue weighted by Gasteiger charge is 2.00. The molecule has 0 aromatic carbocycles. The molecule has 0 unspecified atom stereocenters. The van der Waals surface area contributed by atoms with Crippen LogP contribution in [0.5, 0.6) is 0 Å². The fourth-order valence-electron chi connectivity index (χ4n) is 0.777. The summed E-state index contributed by atoms with van der Waals surface area (Å²) in [6.07, 6.45) is 4.32. The molecule has 0 spiro atoms. The maximum absolute atomic E-state index is 7.43. The lowest BCUT2D eigenvalue weighted by atomic mass is 10.2. The number of rotatable bonds is 3. The summed E-state index contributed by atoms with van der Waals surface area (Å²) in [5.41, 5.74) is 0.559. The Kier molecular flexibility index (Phi) is 2.26. The van der Waals surface area contributed by atoms with Gasteiger partial charge in [0.2, 0.25) is 0 Å². The Bertz CT molecular complexity index is 201. The van der Waals surface area contributed by atoms with E-state index in [-0.39, 0.29) is 0 Å². The zero-order valence-corrected chi connectivity index (χ0v) is 5.98. The topological polar surface area (TPSA) is 37.0 Å². The van der Waals surface area contributed by atoms with Crippen LogP contribution in [-0.2, 0) is 0 Å². The monoisotopic (exact) mass is 136 g/mol. The van der Waals surface area contributed by atoms with Crippen molar-refractivity contribution in [2.24, 2.45) is 0 Å². The van der Waals surface area contributed by atoms with Crippen LogP contribution < -0.4 is 0 Å². The number of furan rings is 1. The van der Waals surface area contributed by atoms with Crippen molar-refractivity contribution in [3.05, 3.63) is 24.2 Å². The van der Waals surface area contributed by atoms with E-state index in [2.05, 4.69) is 6.26 Å². The maximum Gasteiger partial charge on any atom is 0.170 e. The molecule has 1 aromatic rings. The molecular formula is C8H10NO. The minimum Gasteiger partial charge on any atom is -0.452 e. The molecule has 0 saturated heterocycles. The first-order valence-electron chi connectivity index (χ1n) is 3.38. The van der Waals surface area contributed by atoms with E-state index in [1.54, 1.807) is 12.1 Å². The lowest BCUT2D eigenvalue weighted by molar-refractivity contribution is 0.546. The van der Waals surface area contributed by atoms with Crippen molar-refractivity contribution in [2.75, 3.05) is 0 Å². The summed E-state index contributed by atoms with van der Waals surface area (Å²) in [6, 6.07) is 3.44. The van der Waals surface area contributed by atoms with Crippen molar-refractivity contribution in [3.8, 4) is 0 Å². The molecule has 2 nitrogen and oxygen atoms in total. The van der Waals surface area contributed by atoms with E-state index in [1.165, 1.54) is 0 Å². The SMILES string of the molecule is CCCC(=N)c1cc[c]o1. The first kappa shape index (κ1) is 7.06. The number of hydrogen-bond donors (Lipinski definition) is 1. The maximum atomic E-state index is 7.43. The van der Waals surface area contributed by atoms with Crippen LogP contribution in [0.15, 0.2) is 16.5 Å². The fraction of sp³-hybridized carbons (Fsp3) is 0.375. The van der Waals surface area contributed by atoms with Gasteiger partial charge in [0.1, 0.15) is 5.76 Å². The minimum atomic E-state index is 0.559. The molecule has 1 N–H and O–H groups in total. The van der Waals surface area contributed by atoms with Gasteiger partial charge in [-0.05, 0) is 18.6 Å². The fourth-order valence-corrected chi connectivity index (χ4v) is 0.777. The van der Waals surface area contributed by atoms with Crippen molar-refractivity contribution in [1.82, 2.24) is 0 Å². The second kappa shape index (κ2) is 3.20. The summed E-state index contributed by atoms with van der Waals surface area (Å²) >= 11 is 0. The molecule has 0 aliphatic carbocycles. The van der Waals surface area contributed by atoms with Crippen LogP contribution in [-0.4, -0.2) is 5.71 Å². The van der Waals surface area contributed by atoms with E-state index in [0.717, 1.165) is 12.8 Å². The molecule has 53 valence electrons. The van der Waals surface area contributed by atoms with Gasteiger partial charge < -0.3 is 9.83 Å². The molecule has 0 fully saturated rings. The molecule has 0 atom stereocenters. The molecule has 0 aliphatic heterocycles. The average molecular weight is 136 g/mol. The van der Waals surface area contributed by atoms with E-state index in [4.69, 9.17) is 9.83 Å². The van der Waals surface area contributed by atoms with Gasteiger partial charge in [0.05, 0.1) is 5.71 Å². The van der Waals surface area contributed by atoms with E-state index < -0.39 is 0 Å². The molecule has 2 heteroatoms. The van der Waals surface area contributed by atoms with Crippen LogP contribution in [0.4, 0.5) is 0 Å². The van der Waals surface area contributed by atoms with Crippen molar-refractivity contribution in [1.29, 1.82) is 5.41 Å². The van der Waals surface area contributed by atoms with Crippen molar-refractivity contribution in [2.45, 2.75) is 19.8 Å². The normalized spacial score (nSPS) is 9.70. The van der Waals surface area contributed by atoms with Crippen LogP contribution in [0, 0.1) is 11.7 Å². The first-order chi connectivity index (χ1) is 4.84. The Hall–Kier alpha value is -1.05. The Balaban J connectivity index is 2.59. The smallest absolute Gasteiger partial charge is 0.170 e. The van der Waals surface area contributed by atoms with Gasteiger partial charge in [0.25, 0.3) is 0 Å². The Morgan fingerprint density at radius 1 is 1.80 bits per heavy atom. The van der Waals surface area contributed by atoms with Crippen LogP contribution in [0.3, 0.4) is 0 Å². The molecule has 0 amide bonds. The van der Waals surface area contributed by atoms with Crippen molar-refractivity contribution in [3.63, 3.8) is 0 Å². The van der Waals surface area contributed by atoms with Gasteiger partial charge in [-0.2, -0.15) is 0 Å². The molecule has 0 saturated carbocycles. The molecule has 1 radical (unpaired) electrons. The van der Waals surface area contributed by atoms with Crippen molar-refractivity contribution < 1.29 is 4.42 Å². The zero-order chi connectivity index (χ0) is 7.40. The summed E-state index contributed by atoms with van der Waals surface area (Å²) < 4.78 is 4.90. The van der Waals surface area contributed by atoms with E-state index >= 15 is 0 Å². The van der Waals surface area contributed by atoms with Gasteiger partial charge >= 0.3 is 0 Å². The van der Waals surface area contributed by atoms with Gasteiger partial charge in [-0.15, -0.1) is 0 Å². The lowest BCUT2D eigenvalue weighted by Crippen LogP contribution is -1.94. The minimum absolute atomic E-state index is 0.559. The predicted octanol–water partition coefficient (Wildman–Crippen LogP) is 2.25. The second-order valence-corrected chi connectivity index (χ2v) is 2.15. The largest absolute Gasteiger partial charge is 0.452 e. The van der Waals surface area contributed by atoms with Crippen LogP contribution in [0.2, 0.25) is 0 Å². The Morgan fingerprint density at radius 2 is 2.60 bits per heavy atom. The third-order valence-corrected chi connectivity index (χ3v) is 1.27. The predicted molar refractivity (Wildman–Crippen MR) is 39.3 cm³/mol. The van der Waals surface area contributed by atoms with Crippen molar-refractivity contribution >= 4 is 5.71 Å². The Morgan fingerprint density at radius 3 is 3.10 bits per heavy atom. The average Bonchev–Trinajstić information content (AvgIpc) is 2.38. The third-order valence-electron chi connectivity index (χ3n) is 1.27. The molecule has 1 aromatic heterocycles. The highest BCUT2D eigenvalue weighted by molar-refractivity contribution is 5.95. The highest BCUT2D eigenvalue weighted by Crippen LogP contribution is 2.04. The first-order valence-corrected chi connectivity index (χ1v) is 3.38. The summed E-state index contributed by atoms with van der Waals surface area (Å²) in [7, 11) is 0. The molecule has 1 heterocycles. The quantitative estimate of drug-likeness (QED) is 0.635. The van der Waals surface area contributed by atoms with Crippen LogP contribution in [0.25, 0.3) is 0 Å².